The van der Waals surface area contributed by atoms with Gasteiger partial charge in [-0.3, -0.25) is 0 Å². The fourth-order valence-corrected chi connectivity index (χ4v) is 3.06. The van der Waals surface area contributed by atoms with E-state index in [0.717, 1.165) is 5.56 Å². The molecule has 9 nitrogen and oxygen atoms in total. The van der Waals surface area contributed by atoms with Crippen molar-refractivity contribution >= 4 is 12.2 Å². The first-order chi connectivity index (χ1) is 14.3. The van der Waals surface area contributed by atoms with Crippen LogP contribution in [0.1, 0.15) is 11.1 Å². The van der Waals surface area contributed by atoms with Gasteiger partial charge in [0.25, 0.3) is 0 Å². The zero-order chi connectivity index (χ0) is 21.8. The summed E-state index contributed by atoms with van der Waals surface area (Å²) in [7, 11) is 1.44. The van der Waals surface area contributed by atoms with Crippen molar-refractivity contribution in [3.8, 4) is 23.0 Å². The lowest BCUT2D eigenvalue weighted by Crippen LogP contribution is -2.60. The molecule has 5 atom stereocenters. The molecule has 1 aliphatic heterocycles. The Morgan fingerprint density at radius 1 is 0.933 bits per heavy atom. The van der Waals surface area contributed by atoms with Crippen molar-refractivity contribution in [2.75, 3.05) is 13.7 Å². The first-order valence-corrected chi connectivity index (χ1v) is 9.18. The Kier molecular flexibility index (Phi) is 6.80. The zero-order valence-corrected chi connectivity index (χ0v) is 16.1. The topological polar surface area (TPSA) is 149 Å². The largest absolute Gasteiger partial charge is 0.508 e. The van der Waals surface area contributed by atoms with Gasteiger partial charge in [0, 0.05) is 6.07 Å². The molecule has 6 N–H and O–H groups in total. The molecule has 0 aliphatic carbocycles. The first-order valence-electron chi connectivity index (χ1n) is 9.18. The SMILES string of the molecule is COc1cc(C=Cc2cc(O)cc(O[C@@H]3O[C@H](CO)[C@@H](O)[C@H](O)[C@H]3O)c2)ccc1O. The lowest BCUT2D eigenvalue weighted by Gasteiger charge is -2.39. The maximum Gasteiger partial charge on any atom is 0.229 e. The van der Waals surface area contributed by atoms with Crippen LogP contribution in [-0.4, -0.2) is 75.1 Å². The van der Waals surface area contributed by atoms with Crippen molar-refractivity contribution in [3.63, 3.8) is 0 Å². The molecule has 0 radical (unpaired) electrons. The molecule has 2 aromatic carbocycles. The molecule has 162 valence electrons. The molecule has 1 heterocycles. The molecule has 3 rings (SSSR count). The Morgan fingerprint density at radius 3 is 2.37 bits per heavy atom. The summed E-state index contributed by atoms with van der Waals surface area (Å²) in [4.78, 5) is 0. The Balaban J connectivity index is 1.78. The van der Waals surface area contributed by atoms with Crippen molar-refractivity contribution < 1.29 is 44.8 Å². The zero-order valence-electron chi connectivity index (χ0n) is 16.1. The summed E-state index contributed by atoms with van der Waals surface area (Å²) in [6.45, 7) is -0.574. The number of rotatable bonds is 6. The summed E-state index contributed by atoms with van der Waals surface area (Å²) in [6.07, 6.45) is -3.67. The molecular formula is C21H24O9. The number of aliphatic hydroxyl groups is 4. The van der Waals surface area contributed by atoms with Gasteiger partial charge >= 0.3 is 0 Å². The van der Waals surface area contributed by atoms with Crippen LogP contribution in [0.5, 0.6) is 23.0 Å². The van der Waals surface area contributed by atoms with Crippen LogP contribution in [0.25, 0.3) is 12.2 Å². The summed E-state index contributed by atoms with van der Waals surface area (Å²) in [5, 5.41) is 58.7. The molecule has 0 unspecified atom stereocenters. The summed E-state index contributed by atoms with van der Waals surface area (Å²) in [6, 6.07) is 9.16. The number of hydrogen-bond donors (Lipinski definition) is 6. The van der Waals surface area contributed by atoms with Crippen molar-refractivity contribution in [1.29, 1.82) is 0 Å². The normalized spacial score (nSPS) is 26.6. The summed E-state index contributed by atoms with van der Waals surface area (Å²) < 4.78 is 15.9. The third-order valence-electron chi connectivity index (χ3n) is 4.69. The van der Waals surface area contributed by atoms with Gasteiger partial charge in [-0.1, -0.05) is 18.2 Å². The Hall–Kier alpha value is -2.82. The number of benzene rings is 2. The van der Waals surface area contributed by atoms with E-state index in [0.29, 0.717) is 11.3 Å². The van der Waals surface area contributed by atoms with Crippen LogP contribution in [0, 0.1) is 0 Å². The van der Waals surface area contributed by atoms with Crippen molar-refractivity contribution in [3.05, 3.63) is 47.5 Å². The number of aliphatic hydroxyl groups excluding tert-OH is 4. The summed E-state index contributed by atoms with van der Waals surface area (Å²) in [5.41, 5.74) is 1.30. The molecular weight excluding hydrogens is 396 g/mol. The maximum atomic E-state index is 10.1. The fraction of sp³-hybridized carbons (Fsp3) is 0.333. The molecule has 1 fully saturated rings. The van der Waals surface area contributed by atoms with Crippen LogP contribution in [-0.2, 0) is 4.74 Å². The van der Waals surface area contributed by atoms with Gasteiger partial charge in [0.15, 0.2) is 11.5 Å². The predicted molar refractivity (Wildman–Crippen MR) is 106 cm³/mol. The van der Waals surface area contributed by atoms with Gasteiger partial charge in [0.05, 0.1) is 13.7 Å². The molecule has 0 aromatic heterocycles. The van der Waals surface area contributed by atoms with E-state index in [1.807, 2.05) is 0 Å². The van der Waals surface area contributed by atoms with Gasteiger partial charge < -0.3 is 44.8 Å². The number of ether oxygens (including phenoxy) is 3. The van der Waals surface area contributed by atoms with E-state index in [1.165, 1.54) is 25.3 Å². The summed E-state index contributed by atoms with van der Waals surface area (Å²) >= 11 is 0. The highest BCUT2D eigenvalue weighted by molar-refractivity contribution is 5.72. The highest BCUT2D eigenvalue weighted by atomic mass is 16.7. The number of phenolic OH excluding ortho intramolecular Hbond substituents is 2. The minimum Gasteiger partial charge on any atom is -0.508 e. The minimum absolute atomic E-state index is 0.0159. The second-order valence-corrected chi connectivity index (χ2v) is 6.84. The van der Waals surface area contributed by atoms with Crippen LogP contribution in [0.3, 0.4) is 0 Å². The minimum atomic E-state index is -1.57. The molecule has 1 saturated heterocycles. The molecule has 9 heteroatoms. The highest BCUT2D eigenvalue weighted by Gasteiger charge is 2.44. The van der Waals surface area contributed by atoms with Crippen molar-refractivity contribution in [2.45, 2.75) is 30.7 Å². The Labute approximate surface area is 172 Å². The molecule has 1 aliphatic rings. The van der Waals surface area contributed by atoms with Crippen LogP contribution in [0.4, 0.5) is 0 Å². The van der Waals surface area contributed by atoms with Crippen LogP contribution < -0.4 is 9.47 Å². The fourth-order valence-electron chi connectivity index (χ4n) is 3.06. The van der Waals surface area contributed by atoms with E-state index in [1.54, 1.807) is 30.4 Å². The second kappa shape index (κ2) is 9.33. The monoisotopic (exact) mass is 420 g/mol. The summed E-state index contributed by atoms with van der Waals surface area (Å²) in [5.74, 6) is 0.365. The van der Waals surface area contributed by atoms with Crippen molar-refractivity contribution in [1.82, 2.24) is 0 Å². The third-order valence-corrected chi connectivity index (χ3v) is 4.69. The molecule has 30 heavy (non-hydrogen) atoms. The van der Waals surface area contributed by atoms with E-state index < -0.39 is 37.3 Å². The van der Waals surface area contributed by atoms with E-state index in [9.17, 15) is 30.6 Å². The smallest absolute Gasteiger partial charge is 0.229 e. The number of aromatic hydroxyl groups is 2. The van der Waals surface area contributed by atoms with Gasteiger partial charge in [-0.05, 0) is 35.4 Å². The average molecular weight is 420 g/mol. The van der Waals surface area contributed by atoms with E-state index in [-0.39, 0.29) is 17.2 Å². The van der Waals surface area contributed by atoms with Crippen LogP contribution in [0.2, 0.25) is 0 Å². The maximum absolute atomic E-state index is 10.1. The molecule has 2 aromatic rings. The number of methoxy groups -OCH3 is 1. The predicted octanol–water partition coefficient (Wildman–Crippen LogP) is 0.455. The molecule has 0 saturated carbocycles. The quantitative estimate of drug-likeness (QED) is 0.366. The van der Waals surface area contributed by atoms with Crippen LogP contribution in [0.15, 0.2) is 36.4 Å². The highest BCUT2D eigenvalue weighted by Crippen LogP contribution is 2.30. The van der Waals surface area contributed by atoms with E-state index in [2.05, 4.69) is 0 Å². The molecule has 0 spiro atoms. The van der Waals surface area contributed by atoms with Crippen molar-refractivity contribution in [2.24, 2.45) is 0 Å². The lowest BCUT2D eigenvalue weighted by molar-refractivity contribution is -0.277. The van der Waals surface area contributed by atoms with E-state index >= 15 is 0 Å². The molecule has 0 bridgehead atoms. The Bertz CT molecular complexity index is 896. The van der Waals surface area contributed by atoms with Gasteiger partial charge in [-0.2, -0.15) is 0 Å². The number of hydrogen-bond acceptors (Lipinski definition) is 9. The third kappa shape index (κ3) is 4.84. The van der Waals surface area contributed by atoms with Crippen LogP contribution >= 0.6 is 0 Å². The molecule has 0 amide bonds. The lowest BCUT2D eigenvalue weighted by atomic mass is 9.99. The standard InChI is InChI=1S/C21H24O9/c1-28-16-8-11(4-5-15(16)24)2-3-12-6-13(23)9-14(7-12)29-21-20(27)19(26)18(25)17(10-22)30-21/h2-9,17-27H,10H2,1H3/t17-,18-,19+,20-,21-/m1/s1. The number of phenols is 2. The second-order valence-electron chi connectivity index (χ2n) is 6.84. The van der Waals surface area contributed by atoms with Gasteiger partial charge in [0.2, 0.25) is 6.29 Å². The average Bonchev–Trinajstić information content (AvgIpc) is 2.73. The van der Waals surface area contributed by atoms with Gasteiger partial charge in [-0.25, -0.2) is 0 Å². The van der Waals surface area contributed by atoms with Gasteiger partial charge in [-0.15, -0.1) is 0 Å². The van der Waals surface area contributed by atoms with Gasteiger partial charge in [0.1, 0.15) is 35.9 Å². The van der Waals surface area contributed by atoms with E-state index in [4.69, 9.17) is 14.2 Å². The Morgan fingerprint density at radius 2 is 1.67 bits per heavy atom. The first kappa shape index (κ1) is 21.9.